The summed E-state index contributed by atoms with van der Waals surface area (Å²) in [6, 6.07) is 8.67. The van der Waals surface area contributed by atoms with Gasteiger partial charge >= 0.3 is 0 Å². The van der Waals surface area contributed by atoms with E-state index in [1.807, 2.05) is 31.0 Å². The molecule has 1 atom stereocenters. The van der Waals surface area contributed by atoms with E-state index in [1.54, 1.807) is 0 Å². The summed E-state index contributed by atoms with van der Waals surface area (Å²) in [6.07, 6.45) is 3.88. The van der Waals surface area contributed by atoms with Gasteiger partial charge in [0.1, 0.15) is 0 Å². The van der Waals surface area contributed by atoms with Crippen LogP contribution in [0.2, 0.25) is 0 Å². The molecule has 0 aliphatic heterocycles. The van der Waals surface area contributed by atoms with Gasteiger partial charge in [-0.05, 0) is 49.7 Å². The third kappa shape index (κ3) is 3.68. The highest BCUT2D eigenvalue weighted by Gasteiger charge is 2.14. The lowest BCUT2D eigenvalue weighted by Gasteiger charge is -2.18. The molecule has 2 rings (SSSR count). The zero-order chi connectivity index (χ0) is 13.8. The molecule has 0 spiro atoms. The summed E-state index contributed by atoms with van der Waals surface area (Å²) in [6.45, 7) is 0. The molecule has 5 heteroatoms. The molecule has 0 aliphatic carbocycles. The van der Waals surface area contributed by atoms with Crippen LogP contribution in [0.4, 0.5) is 0 Å². The molecule has 0 aliphatic rings. The minimum Gasteiger partial charge on any atom is -0.313 e. The Kier molecular flexibility index (Phi) is 5.19. The Bertz CT molecular complexity index is 551. The molecule has 0 saturated heterocycles. The highest BCUT2D eigenvalue weighted by atomic mass is 79.9. The van der Waals surface area contributed by atoms with Crippen molar-refractivity contribution in [3.63, 3.8) is 0 Å². The molecule has 1 N–H and O–H groups in total. The summed E-state index contributed by atoms with van der Waals surface area (Å²) in [7, 11) is 3.99. The first-order valence-corrected chi connectivity index (χ1v) is 7.79. The lowest BCUT2D eigenvalue weighted by molar-refractivity contribution is 0.534. The van der Waals surface area contributed by atoms with E-state index in [0.29, 0.717) is 6.04 Å². The van der Waals surface area contributed by atoms with Gasteiger partial charge in [-0.15, -0.1) is 0 Å². The Hall–Kier alpha value is -0.650. The molecule has 0 radical (unpaired) electrons. The molecular weight excluding hydrogens is 370 g/mol. The van der Waals surface area contributed by atoms with Gasteiger partial charge in [0.25, 0.3) is 0 Å². The molecule has 1 heterocycles. The first-order valence-electron chi connectivity index (χ1n) is 6.21. The lowest BCUT2D eigenvalue weighted by Crippen LogP contribution is -2.18. The van der Waals surface area contributed by atoms with E-state index in [9.17, 15) is 0 Å². The van der Waals surface area contributed by atoms with E-state index in [0.717, 1.165) is 21.8 Å². The first-order chi connectivity index (χ1) is 9.11. The number of nitrogens with zero attached hydrogens (tertiary/aromatic N) is 2. The SMILES string of the molecule is CNC(CCc1ccnn1C)c1cc(Br)ccc1Br. The first kappa shape index (κ1) is 14.8. The number of halogens is 2. The molecule has 3 nitrogen and oxygen atoms in total. The summed E-state index contributed by atoms with van der Waals surface area (Å²) in [4.78, 5) is 0. The van der Waals surface area contributed by atoms with Crippen LogP contribution in [0, 0.1) is 0 Å². The van der Waals surface area contributed by atoms with Crippen LogP contribution >= 0.6 is 31.9 Å². The fourth-order valence-electron chi connectivity index (χ4n) is 2.18. The van der Waals surface area contributed by atoms with Crippen molar-refractivity contribution in [3.05, 3.63) is 50.7 Å². The van der Waals surface area contributed by atoms with Crippen LogP contribution in [0.1, 0.15) is 23.7 Å². The molecule has 1 aromatic heterocycles. The molecule has 1 aromatic carbocycles. The maximum Gasteiger partial charge on any atom is 0.0492 e. The highest BCUT2D eigenvalue weighted by Crippen LogP contribution is 2.29. The van der Waals surface area contributed by atoms with Gasteiger partial charge < -0.3 is 5.32 Å². The van der Waals surface area contributed by atoms with Gasteiger partial charge in [0.15, 0.2) is 0 Å². The van der Waals surface area contributed by atoms with E-state index in [4.69, 9.17) is 0 Å². The van der Waals surface area contributed by atoms with Crippen LogP contribution in [-0.2, 0) is 13.5 Å². The number of hydrogen-bond acceptors (Lipinski definition) is 2. The van der Waals surface area contributed by atoms with E-state index in [-0.39, 0.29) is 0 Å². The van der Waals surface area contributed by atoms with E-state index in [1.165, 1.54) is 11.3 Å². The van der Waals surface area contributed by atoms with Crippen molar-refractivity contribution < 1.29 is 0 Å². The number of hydrogen-bond donors (Lipinski definition) is 1. The predicted molar refractivity (Wildman–Crippen MR) is 85.2 cm³/mol. The molecule has 2 aromatic rings. The van der Waals surface area contributed by atoms with Crippen LogP contribution in [0.3, 0.4) is 0 Å². The zero-order valence-electron chi connectivity index (χ0n) is 11.0. The molecule has 102 valence electrons. The second kappa shape index (κ2) is 6.68. The normalized spacial score (nSPS) is 12.6. The van der Waals surface area contributed by atoms with E-state index < -0.39 is 0 Å². The Morgan fingerprint density at radius 3 is 2.74 bits per heavy atom. The largest absolute Gasteiger partial charge is 0.313 e. The van der Waals surface area contributed by atoms with Gasteiger partial charge in [0.2, 0.25) is 0 Å². The van der Waals surface area contributed by atoms with Gasteiger partial charge in [-0.1, -0.05) is 31.9 Å². The minimum absolute atomic E-state index is 0.321. The number of aromatic nitrogens is 2. The standard InChI is InChI=1S/C14H17Br2N3/c1-17-14(6-4-11-7-8-18-19(11)2)12-9-10(15)3-5-13(12)16/h3,5,7-9,14,17H,4,6H2,1-2H3. The summed E-state index contributed by atoms with van der Waals surface area (Å²) in [5, 5.41) is 7.59. The van der Waals surface area contributed by atoms with Gasteiger partial charge in [0.05, 0.1) is 0 Å². The molecule has 0 fully saturated rings. The fourth-order valence-corrected chi connectivity index (χ4v) is 3.08. The summed E-state index contributed by atoms with van der Waals surface area (Å²) in [5.74, 6) is 0. The van der Waals surface area contributed by atoms with Crippen molar-refractivity contribution in [1.29, 1.82) is 0 Å². The summed E-state index contributed by atoms with van der Waals surface area (Å²) < 4.78 is 4.18. The molecule has 0 amide bonds. The number of rotatable bonds is 5. The monoisotopic (exact) mass is 385 g/mol. The maximum atomic E-state index is 4.20. The minimum atomic E-state index is 0.321. The average molecular weight is 387 g/mol. The molecule has 19 heavy (non-hydrogen) atoms. The molecule has 1 unspecified atom stereocenters. The third-order valence-electron chi connectivity index (χ3n) is 3.29. The van der Waals surface area contributed by atoms with Crippen molar-refractivity contribution in [2.24, 2.45) is 7.05 Å². The van der Waals surface area contributed by atoms with Crippen LogP contribution in [-0.4, -0.2) is 16.8 Å². The Morgan fingerprint density at radius 1 is 1.32 bits per heavy atom. The van der Waals surface area contributed by atoms with Crippen LogP contribution in [0.5, 0.6) is 0 Å². The smallest absolute Gasteiger partial charge is 0.0492 e. The Morgan fingerprint density at radius 2 is 2.11 bits per heavy atom. The predicted octanol–water partition coefficient (Wildman–Crippen LogP) is 3.84. The van der Waals surface area contributed by atoms with Crippen LogP contribution < -0.4 is 5.32 Å². The Balaban J connectivity index is 2.12. The van der Waals surface area contributed by atoms with Gasteiger partial charge in [-0.3, -0.25) is 4.68 Å². The second-order valence-electron chi connectivity index (χ2n) is 4.49. The van der Waals surface area contributed by atoms with E-state index in [2.05, 4.69) is 60.5 Å². The summed E-state index contributed by atoms with van der Waals surface area (Å²) >= 11 is 7.16. The van der Waals surface area contributed by atoms with Gasteiger partial charge in [-0.2, -0.15) is 5.10 Å². The van der Waals surface area contributed by atoms with Crippen molar-refractivity contribution >= 4 is 31.9 Å². The third-order valence-corrected chi connectivity index (χ3v) is 4.51. The van der Waals surface area contributed by atoms with Gasteiger partial charge in [-0.25, -0.2) is 0 Å². The second-order valence-corrected chi connectivity index (χ2v) is 6.26. The van der Waals surface area contributed by atoms with Crippen molar-refractivity contribution in [2.75, 3.05) is 7.05 Å². The van der Waals surface area contributed by atoms with Crippen molar-refractivity contribution in [2.45, 2.75) is 18.9 Å². The van der Waals surface area contributed by atoms with Crippen molar-refractivity contribution in [3.8, 4) is 0 Å². The Labute approximate surface area is 130 Å². The number of benzene rings is 1. The molecule has 0 bridgehead atoms. The topological polar surface area (TPSA) is 29.9 Å². The fraction of sp³-hybridized carbons (Fsp3) is 0.357. The lowest BCUT2D eigenvalue weighted by atomic mass is 10.0. The van der Waals surface area contributed by atoms with Crippen LogP contribution in [0.15, 0.2) is 39.4 Å². The van der Waals surface area contributed by atoms with E-state index >= 15 is 0 Å². The average Bonchev–Trinajstić information content (AvgIpc) is 2.80. The van der Waals surface area contributed by atoms with Crippen molar-refractivity contribution in [1.82, 2.24) is 15.1 Å². The quantitative estimate of drug-likeness (QED) is 0.845. The number of aryl methyl sites for hydroxylation is 2. The summed E-state index contributed by atoms with van der Waals surface area (Å²) in [5.41, 5.74) is 2.53. The number of nitrogens with one attached hydrogen (secondary N) is 1. The highest BCUT2D eigenvalue weighted by molar-refractivity contribution is 9.11. The van der Waals surface area contributed by atoms with Crippen LogP contribution in [0.25, 0.3) is 0 Å². The molecular formula is C14H17Br2N3. The van der Waals surface area contributed by atoms with Gasteiger partial charge in [0, 0.05) is 33.9 Å². The molecule has 0 saturated carbocycles. The maximum absolute atomic E-state index is 4.20. The zero-order valence-corrected chi connectivity index (χ0v) is 14.2.